The number of rotatable bonds is 6. The molecule has 5 rings (SSSR count). The first kappa shape index (κ1) is 23.7. The van der Waals surface area contributed by atoms with E-state index in [1.54, 1.807) is 36.0 Å². The lowest BCUT2D eigenvalue weighted by atomic mass is 9.93. The molecule has 2 aromatic carbocycles. The second-order valence-electron chi connectivity index (χ2n) is 8.83. The van der Waals surface area contributed by atoms with Crippen LogP contribution in [0.2, 0.25) is 0 Å². The van der Waals surface area contributed by atoms with Gasteiger partial charge < -0.3 is 19.7 Å². The van der Waals surface area contributed by atoms with Crippen molar-refractivity contribution in [1.82, 2.24) is 15.1 Å². The molecular formula is C25H26FN5O5. The third-order valence-corrected chi connectivity index (χ3v) is 6.33. The zero-order valence-electron chi connectivity index (χ0n) is 19.8. The second kappa shape index (κ2) is 9.94. The molecular weight excluding hydrogens is 469 g/mol. The van der Waals surface area contributed by atoms with E-state index < -0.39 is 17.6 Å². The monoisotopic (exact) mass is 495 g/mol. The molecule has 2 aliphatic rings. The molecule has 188 valence electrons. The molecule has 1 atom stereocenters. The van der Waals surface area contributed by atoms with Crippen LogP contribution in [0.15, 0.2) is 36.4 Å². The smallest absolute Gasteiger partial charge is 0.262 e. The number of aromatic nitrogens is 2. The maximum absolute atomic E-state index is 14.2. The summed E-state index contributed by atoms with van der Waals surface area (Å²) in [5.74, 6) is -1.55. The van der Waals surface area contributed by atoms with Gasteiger partial charge in [-0.3, -0.25) is 24.4 Å². The average molecular weight is 496 g/mol. The molecule has 2 aliphatic heterocycles. The molecule has 1 unspecified atom stereocenters. The van der Waals surface area contributed by atoms with E-state index in [2.05, 4.69) is 15.7 Å². The zero-order valence-corrected chi connectivity index (χ0v) is 19.8. The van der Waals surface area contributed by atoms with Crippen molar-refractivity contribution in [1.29, 1.82) is 0 Å². The number of amides is 3. The summed E-state index contributed by atoms with van der Waals surface area (Å²) < 4.78 is 26.8. The number of anilines is 2. The lowest BCUT2D eigenvalue weighted by molar-refractivity contribution is -0.134. The van der Waals surface area contributed by atoms with Gasteiger partial charge in [-0.15, -0.1) is 0 Å². The Kier molecular flexibility index (Phi) is 6.55. The van der Waals surface area contributed by atoms with Gasteiger partial charge in [-0.25, -0.2) is 4.39 Å². The lowest BCUT2D eigenvalue weighted by Crippen LogP contribution is -2.39. The number of halogens is 1. The summed E-state index contributed by atoms with van der Waals surface area (Å²) in [5.41, 5.74) is 2.36. The molecule has 11 heteroatoms. The van der Waals surface area contributed by atoms with Gasteiger partial charge in [0.15, 0.2) is 6.61 Å². The molecule has 2 fully saturated rings. The van der Waals surface area contributed by atoms with Gasteiger partial charge in [0, 0.05) is 49.4 Å². The van der Waals surface area contributed by atoms with E-state index in [1.165, 1.54) is 12.1 Å². The Balaban J connectivity index is 1.25. The van der Waals surface area contributed by atoms with E-state index in [4.69, 9.17) is 9.47 Å². The van der Waals surface area contributed by atoms with Gasteiger partial charge in [0.25, 0.3) is 5.91 Å². The van der Waals surface area contributed by atoms with Gasteiger partial charge in [-0.1, -0.05) is 0 Å². The molecule has 2 N–H and O–H groups in total. The third-order valence-electron chi connectivity index (χ3n) is 6.33. The SMILES string of the molecule is Cn1nc(C2CCC(=O)NC2=O)c2ccc(OCC(=O)Nc3cc(F)cc(N4CCOCC4)c3)cc21. The van der Waals surface area contributed by atoms with E-state index in [9.17, 15) is 18.8 Å². The highest BCUT2D eigenvalue weighted by Crippen LogP contribution is 2.32. The number of ether oxygens (including phenoxy) is 2. The average Bonchev–Trinajstić information content (AvgIpc) is 3.18. The van der Waals surface area contributed by atoms with Crippen LogP contribution in [0.1, 0.15) is 24.5 Å². The van der Waals surface area contributed by atoms with Gasteiger partial charge in [0.05, 0.1) is 30.3 Å². The summed E-state index contributed by atoms with van der Waals surface area (Å²) in [4.78, 5) is 38.3. The predicted octanol–water partition coefficient (Wildman–Crippen LogP) is 2.09. The standard InChI is InChI=1S/C25H26FN5O5/c1-30-21-13-18(2-3-19(21)24(29-30)20-4-5-22(32)28-25(20)34)36-14-23(33)27-16-10-15(26)11-17(12-16)31-6-8-35-9-7-31/h2-3,10-13,20H,4-9,14H2,1H3,(H,27,33)(H,28,32,34). The quantitative estimate of drug-likeness (QED) is 0.503. The van der Waals surface area contributed by atoms with Crippen LogP contribution in [0.3, 0.4) is 0 Å². The first-order chi connectivity index (χ1) is 17.4. The van der Waals surface area contributed by atoms with Crippen LogP contribution in [0.25, 0.3) is 10.9 Å². The van der Waals surface area contributed by atoms with Crippen molar-refractivity contribution in [2.24, 2.45) is 7.05 Å². The fourth-order valence-corrected chi connectivity index (χ4v) is 4.56. The zero-order chi connectivity index (χ0) is 25.2. The van der Waals surface area contributed by atoms with Crippen molar-refractivity contribution < 1.29 is 28.2 Å². The molecule has 0 saturated carbocycles. The van der Waals surface area contributed by atoms with Crippen molar-refractivity contribution in [3.05, 3.63) is 47.9 Å². The summed E-state index contributed by atoms with van der Waals surface area (Å²) in [5, 5.41) is 10.3. The van der Waals surface area contributed by atoms with Crippen LogP contribution in [-0.2, 0) is 26.2 Å². The maximum atomic E-state index is 14.2. The van der Waals surface area contributed by atoms with Gasteiger partial charge in [-0.2, -0.15) is 5.10 Å². The molecule has 10 nitrogen and oxygen atoms in total. The second-order valence-corrected chi connectivity index (χ2v) is 8.83. The highest BCUT2D eigenvalue weighted by molar-refractivity contribution is 6.02. The van der Waals surface area contributed by atoms with Crippen LogP contribution in [-0.4, -0.2) is 60.4 Å². The fraction of sp³-hybridized carbons (Fsp3) is 0.360. The topological polar surface area (TPSA) is 115 Å². The molecule has 36 heavy (non-hydrogen) atoms. The van der Waals surface area contributed by atoms with Gasteiger partial charge in [0.1, 0.15) is 11.6 Å². The number of hydrogen-bond acceptors (Lipinski definition) is 7. The molecule has 0 bridgehead atoms. The number of piperidine rings is 1. The number of aryl methyl sites for hydroxylation is 1. The van der Waals surface area contributed by atoms with Gasteiger partial charge >= 0.3 is 0 Å². The number of carbonyl (C=O) groups excluding carboxylic acids is 3. The normalized spacial score (nSPS) is 18.3. The number of carbonyl (C=O) groups is 3. The van der Waals surface area contributed by atoms with Crippen LogP contribution >= 0.6 is 0 Å². The van der Waals surface area contributed by atoms with Crippen molar-refractivity contribution in [3.8, 4) is 5.75 Å². The molecule has 0 spiro atoms. The van der Waals surface area contributed by atoms with Gasteiger partial charge in [0.2, 0.25) is 11.8 Å². The van der Waals surface area contributed by atoms with E-state index in [1.807, 2.05) is 4.90 Å². The number of hydrogen-bond donors (Lipinski definition) is 2. The van der Waals surface area contributed by atoms with Crippen LogP contribution in [0.5, 0.6) is 5.75 Å². The first-order valence-electron chi connectivity index (χ1n) is 11.7. The number of morpholine rings is 1. The molecule has 3 heterocycles. The molecule has 1 aromatic heterocycles. The van der Waals surface area contributed by atoms with Crippen LogP contribution in [0, 0.1) is 5.82 Å². The fourth-order valence-electron chi connectivity index (χ4n) is 4.56. The Bertz CT molecular complexity index is 1330. The Morgan fingerprint density at radius 1 is 1.22 bits per heavy atom. The number of imide groups is 1. The van der Waals surface area contributed by atoms with Crippen molar-refractivity contribution >= 4 is 40.0 Å². The Morgan fingerprint density at radius 3 is 2.81 bits per heavy atom. The first-order valence-corrected chi connectivity index (χ1v) is 11.7. The van der Waals surface area contributed by atoms with Crippen molar-refractivity contribution in [2.45, 2.75) is 18.8 Å². The Labute approximate surface area is 206 Å². The highest BCUT2D eigenvalue weighted by atomic mass is 19.1. The highest BCUT2D eigenvalue weighted by Gasteiger charge is 2.31. The third kappa shape index (κ3) is 5.01. The lowest BCUT2D eigenvalue weighted by Gasteiger charge is -2.29. The molecule has 3 amide bonds. The van der Waals surface area contributed by atoms with Gasteiger partial charge in [-0.05, 0) is 36.8 Å². The minimum Gasteiger partial charge on any atom is -0.484 e. The van der Waals surface area contributed by atoms with Crippen LogP contribution < -0.4 is 20.3 Å². The van der Waals surface area contributed by atoms with E-state index in [0.29, 0.717) is 55.5 Å². The number of nitrogens with zero attached hydrogens (tertiary/aromatic N) is 3. The molecule has 0 aliphatic carbocycles. The van der Waals surface area contributed by atoms with E-state index in [-0.39, 0.29) is 24.8 Å². The van der Waals surface area contributed by atoms with E-state index >= 15 is 0 Å². The number of benzene rings is 2. The Hall–Kier alpha value is -3.99. The summed E-state index contributed by atoms with van der Waals surface area (Å²) in [6, 6.07) is 9.65. The molecule has 0 radical (unpaired) electrons. The van der Waals surface area contributed by atoms with Crippen molar-refractivity contribution in [2.75, 3.05) is 43.1 Å². The molecule has 3 aromatic rings. The number of fused-ring (bicyclic) bond motifs is 1. The largest absolute Gasteiger partial charge is 0.484 e. The summed E-state index contributed by atoms with van der Waals surface area (Å²) in [7, 11) is 1.75. The summed E-state index contributed by atoms with van der Waals surface area (Å²) in [6.07, 6.45) is 0.673. The summed E-state index contributed by atoms with van der Waals surface area (Å²) >= 11 is 0. The minimum absolute atomic E-state index is 0.268. The van der Waals surface area contributed by atoms with Crippen molar-refractivity contribution in [3.63, 3.8) is 0 Å². The summed E-state index contributed by atoms with van der Waals surface area (Å²) in [6.45, 7) is 2.18. The predicted molar refractivity (Wildman–Crippen MR) is 129 cm³/mol. The minimum atomic E-state index is -0.502. The number of nitrogens with one attached hydrogen (secondary N) is 2. The Morgan fingerprint density at radius 2 is 2.03 bits per heavy atom. The molecule has 2 saturated heterocycles. The van der Waals surface area contributed by atoms with Crippen LogP contribution in [0.4, 0.5) is 15.8 Å². The maximum Gasteiger partial charge on any atom is 0.262 e. The van der Waals surface area contributed by atoms with E-state index in [0.717, 1.165) is 10.9 Å².